The monoisotopic (exact) mass is 442 g/mol. The summed E-state index contributed by atoms with van der Waals surface area (Å²) in [5, 5.41) is 8.65. The van der Waals surface area contributed by atoms with Crippen molar-refractivity contribution < 1.29 is 18.0 Å². The summed E-state index contributed by atoms with van der Waals surface area (Å²) in [5.74, 6) is -0.516. The van der Waals surface area contributed by atoms with Crippen LogP contribution in [0.5, 0.6) is 0 Å². The molecule has 0 spiro atoms. The van der Waals surface area contributed by atoms with E-state index in [0.29, 0.717) is 9.39 Å². The SMILES string of the molecule is O=C(N[C@H]1CCCc2ccccc21)c1cc2nc(-c3cccs3)cc(C(F)(F)F)n2n1. The second kappa shape index (κ2) is 7.49. The molecule has 0 saturated carbocycles. The van der Waals surface area contributed by atoms with Crippen molar-refractivity contribution in [3.05, 3.63) is 76.4 Å². The zero-order valence-corrected chi connectivity index (χ0v) is 17.0. The Morgan fingerprint density at radius 3 is 2.77 bits per heavy atom. The summed E-state index contributed by atoms with van der Waals surface area (Å²) in [7, 11) is 0. The summed E-state index contributed by atoms with van der Waals surface area (Å²) in [6, 6.07) is 13.4. The number of thiophene rings is 1. The summed E-state index contributed by atoms with van der Waals surface area (Å²) in [5.41, 5.74) is 1.33. The molecule has 1 N–H and O–H groups in total. The van der Waals surface area contributed by atoms with Gasteiger partial charge in [-0.05, 0) is 47.9 Å². The van der Waals surface area contributed by atoms with Crippen molar-refractivity contribution in [3.8, 4) is 10.6 Å². The predicted octanol–water partition coefficient (Wildman–Crippen LogP) is 5.28. The van der Waals surface area contributed by atoms with E-state index < -0.39 is 17.8 Å². The summed E-state index contributed by atoms with van der Waals surface area (Å²) < 4.78 is 41.8. The largest absolute Gasteiger partial charge is 0.433 e. The molecular weight excluding hydrogens is 425 g/mol. The van der Waals surface area contributed by atoms with Crippen molar-refractivity contribution in [3.63, 3.8) is 0 Å². The zero-order chi connectivity index (χ0) is 21.6. The summed E-state index contributed by atoms with van der Waals surface area (Å²) in [6.45, 7) is 0. The van der Waals surface area contributed by atoms with E-state index in [1.165, 1.54) is 23.0 Å². The standard InChI is InChI=1S/C22H17F3N4OS/c23-22(24,25)19-11-16(18-9-4-10-31-18)26-20-12-17(28-29(19)20)21(30)27-15-8-3-6-13-5-1-2-7-14(13)15/h1-2,4-5,7,9-12,15H,3,6,8H2,(H,27,30)/t15-/m0/s1. The van der Waals surface area contributed by atoms with Crippen LogP contribution < -0.4 is 5.32 Å². The van der Waals surface area contributed by atoms with Gasteiger partial charge in [0.05, 0.1) is 16.6 Å². The number of carbonyl (C=O) groups is 1. The molecule has 9 heteroatoms. The van der Waals surface area contributed by atoms with Crippen molar-refractivity contribution in [2.24, 2.45) is 0 Å². The Hall–Kier alpha value is -3.20. The number of nitrogens with one attached hydrogen (secondary N) is 1. The molecule has 0 bridgehead atoms. The van der Waals surface area contributed by atoms with Crippen LogP contribution >= 0.6 is 11.3 Å². The van der Waals surface area contributed by atoms with Crippen LogP contribution in [-0.2, 0) is 12.6 Å². The van der Waals surface area contributed by atoms with Gasteiger partial charge in [0.1, 0.15) is 0 Å². The fraction of sp³-hybridized carbons (Fsp3) is 0.227. The molecule has 3 aromatic heterocycles. The molecule has 3 heterocycles. The highest BCUT2D eigenvalue weighted by molar-refractivity contribution is 7.13. The van der Waals surface area contributed by atoms with Crippen LogP contribution in [0, 0.1) is 0 Å². The number of amides is 1. The molecule has 1 aliphatic carbocycles. The average Bonchev–Trinajstić information content (AvgIpc) is 3.42. The van der Waals surface area contributed by atoms with Crippen molar-refractivity contribution in [1.82, 2.24) is 19.9 Å². The van der Waals surface area contributed by atoms with Gasteiger partial charge in [0, 0.05) is 6.07 Å². The molecule has 0 aliphatic heterocycles. The third-order valence-electron chi connectivity index (χ3n) is 5.40. The molecule has 0 radical (unpaired) electrons. The number of halogens is 3. The van der Waals surface area contributed by atoms with E-state index in [1.807, 2.05) is 24.3 Å². The number of rotatable bonds is 3. The molecule has 0 saturated heterocycles. The van der Waals surface area contributed by atoms with Gasteiger partial charge < -0.3 is 5.32 Å². The minimum atomic E-state index is -4.64. The maximum absolute atomic E-state index is 13.7. The van der Waals surface area contributed by atoms with Crippen LogP contribution in [0.25, 0.3) is 16.2 Å². The van der Waals surface area contributed by atoms with E-state index in [0.717, 1.165) is 30.9 Å². The normalized spacial score (nSPS) is 16.3. The van der Waals surface area contributed by atoms with E-state index in [1.54, 1.807) is 17.5 Å². The number of aryl methyl sites for hydroxylation is 1. The van der Waals surface area contributed by atoms with Gasteiger partial charge in [-0.3, -0.25) is 4.79 Å². The first-order chi connectivity index (χ1) is 14.9. The minimum absolute atomic E-state index is 0.0209. The molecule has 158 valence electrons. The summed E-state index contributed by atoms with van der Waals surface area (Å²) >= 11 is 1.29. The Morgan fingerprint density at radius 2 is 2.00 bits per heavy atom. The number of alkyl halides is 3. The maximum Gasteiger partial charge on any atom is 0.433 e. The van der Waals surface area contributed by atoms with E-state index in [9.17, 15) is 18.0 Å². The Labute approximate surface area is 179 Å². The number of nitrogens with zero attached hydrogens (tertiary/aromatic N) is 3. The second-order valence-corrected chi connectivity index (χ2v) is 8.37. The number of hydrogen-bond donors (Lipinski definition) is 1. The van der Waals surface area contributed by atoms with Gasteiger partial charge in [0.2, 0.25) is 0 Å². The van der Waals surface area contributed by atoms with E-state index in [2.05, 4.69) is 15.4 Å². The van der Waals surface area contributed by atoms with Gasteiger partial charge in [0.25, 0.3) is 5.91 Å². The summed E-state index contributed by atoms with van der Waals surface area (Å²) in [6.07, 6.45) is -2.00. The number of fused-ring (bicyclic) bond motifs is 2. The smallest absolute Gasteiger partial charge is 0.344 e. The first-order valence-corrected chi connectivity index (χ1v) is 10.7. The van der Waals surface area contributed by atoms with E-state index in [4.69, 9.17) is 0 Å². The minimum Gasteiger partial charge on any atom is -0.344 e. The molecule has 31 heavy (non-hydrogen) atoms. The van der Waals surface area contributed by atoms with Gasteiger partial charge >= 0.3 is 6.18 Å². The lowest BCUT2D eigenvalue weighted by Gasteiger charge is -2.26. The van der Waals surface area contributed by atoms with Crippen molar-refractivity contribution in [2.45, 2.75) is 31.5 Å². The van der Waals surface area contributed by atoms with Crippen LogP contribution in [0.2, 0.25) is 0 Å². The highest BCUT2D eigenvalue weighted by Gasteiger charge is 2.36. The predicted molar refractivity (Wildman–Crippen MR) is 111 cm³/mol. The van der Waals surface area contributed by atoms with Gasteiger partial charge in [-0.2, -0.15) is 18.3 Å². The quantitative estimate of drug-likeness (QED) is 0.469. The third-order valence-corrected chi connectivity index (χ3v) is 6.29. The van der Waals surface area contributed by atoms with Crippen LogP contribution in [0.4, 0.5) is 13.2 Å². The first-order valence-electron chi connectivity index (χ1n) is 9.81. The highest BCUT2D eigenvalue weighted by atomic mass is 32.1. The Morgan fingerprint density at radius 1 is 1.16 bits per heavy atom. The molecule has 4 aromatic rings. The molecule has 0 unspecified atom stereocenters. The van der Waals surface area contributed by atoms with Crippen molar-refractivity contribution in [2.75, 3.05) is 0 Å². The van der Waals surface area contributed by atoms with E-state index in [-0.39, 0.29) is 23.1 Å². The fourth-order valence-corrected chi connectivity index (χ4v) is 4.66. The van der Waals surface area contributed by atoms with Gasteiger partial charge in [0.15, 0.2) is 17.0 Å². The molecule has 5 nitrogen and oxygen atoms in total. The number of benzene rings is 1. The molecule has 5 rings (SSSR count). The number of aromatic nitrogens is 3. The second-order valence-electron chi connectivity index (χ2n) is 7.42. The van der Waals surface area contributed by atoms with Crippen molar-refractivity contribution in [1.29, 1.82) is 0 Å². The van der Waals surface area contributed by atoms with Crippen LogP contribution in [0.15, 0.2) is 53.9 Å². The molecule has 1 aliphatic rings. The molecule has 1 aromatic carbocycles. The van der Waals surface area contributed by atoms with Gasteiger partial charge in [-0.1, -0.05) is 30.3 Å². The Kier molecular flexibility index (Phi) is 4.77. The summed E-state index contributed by atoms with van der Waals surface area (Å²) in [4.78, 5) is 17.8. The lowest BCUT2D eigenvalue weighted by atomic mass is 9.88. The van der Waals surface area contributed by atoms with E-state index >= 15 is 0 Å². The topological polar surface area (TPSA) is 59.3 Å². The maximum atomic E-state index is 13.7. The number of hydrogen-bond acceptors (Lipinski definition) is 4. The number of carbonyl (C=O) groups excluding carboxylic acids is 1. The van der Waals surface area contributed by atoms with Crippen LogP contribution in [0.1, 0.15) is 46.2 Å². The average molecular weight is 442 g/mol. The Bertz CT molecular complexity index is 1260. The first kappa shape index (κ1) is 19.7. The third kappa shape index (κ3) is 3.69. The van der Waals surface area contributed by atoms with Crippen molar-refractivity contribution >= 4 is 22.9 Å². The lowest BCUT2D eigenvalue weighted by molar-refractivity contribution is -0.142. The van der Waals surface area contributed by atoms with Crippen LogP contribution in [-0.4, -0.2) is 20.5 Å². The fourth-order valence-electron chi connectivity index (χ4n) is 3.97. The van der Waals surface area contributed by atoms with Crippen LogP contribution in [0.3, 0.4) is 0 Å². The zero-order valence-electron chi connectivity index (χ0n) is 16.2. The molecule has 0 fully saturated rings. The molecule has 1 atom stereocenters. The molecular formula is C22H17F3N4OS. The van der Waals surface area contributed by atoms with Gasteiger partial charge in [-0.25, -0.2) is 9.50 Å². The molecule has 1 amide bonds. The van der Waals surface area contributed by atoms with Gasteiger partial charge in [-0.15, -0.1) is 11.3 Å². The lowest BCUT2D eigenvalue weighted by Crippen LogP contribution is -2.31. The highest BCUT2D eigenvalue weighted by Crippen LogP contribution is 2.34. The Balaban J connectivity index is 1.52.